The van der Waals surface area contributed by atoms with Crippen LogP contribution in [0.25, 0.3) is 0 Å². The number of nitrogens with zero attached hydrogens (tertiary/aromatic N) is 2. The van der Waals surface area contributed by atoms with Crippen molar-refractivity contribution in [1.82, 2.24) is 10.2 Å². The monoisotopic (exact) mass is 363 g/mol. The molecular formula is C16H17N3O5S. The van der Waals surface area contributed by atoms with E-state index in [1.54, 1.807) is 44.2 Å². The number of carboxylic acids is 1. The topological polar surface area (TPSA) is 116 Å². The lowest BCUT2D eigenvalue weighted by molar-refractivity contribution is -0.161. The van der Waals surface area contributed by atoms with Crippen molar-refractivity contribution in [2.24, 2.45) is 5.18 Å². The maximum atomic E-state index is 12.4. The van der Waals surface area contributed by atoms with Crippen molar-refractivity contribution in [3.8, 4) is 0 Å². The average molecular weight is 363 g/mol. The average Bonchev–Trinajstić information content (AvgIpc) is 2.82. The van der Waals surface area contributed by atoms with Gasteiger partial charge in [0, 0.05) is 4.75 Å². The van der Waals surface area contributed by atoms with Crippen molar-refractivity contribution in [1.29, 1.82) is 0 Å². The standard InChI is InChI=1S/C16H17N3O5S/c1-16(2)11(15(22)23)19-13(21)10(14(19)25-16)17-12(20)9(18-24)8-6-4-3-5-7-8/h3-7,9-11,14H,1-2H3,(H,17,20)(H,22,23). The molecule has 2 aliphatic heterocycles. The summed E-state index contributed by atoms with van der Waals surface area (Å²) in [6.45, 7) is 3.50. The van der Waals surface area contributed by atoms with Crippen molar-refractivity contribution in [2.75, 3.05) is 0 Å². The maximum absolute atomic E-state index is 12.4. The summed E-state index contributed by atoms with van der Waals surface area (Å²) in [5, 5.41) is 14.3. The Kier molecular flexibility index (Phi) is 4.28. The number of thioether (sulfide) groups is 1. The highest BCUT2D eigenvalue weighted by atomic mass is 32.2. The Morgan fingerprint density at radius 3 is 2.52 bits per heavy atom. The first-order chi connectivity index (χ1) is 11.8. The molecule has 3 rings (SSSR count). The smallest absolute Gasteiger partial charge is 0.327 e. The van der Waals surface area contributed by atoms with E-state index in [9.17, 15) is 24.4 Å². The minimum atomic E-state index is -1.25. The molecule has 0 aliphatic carbocycles. The molecule has 4 atom stereocenters. The van der Waals surface area contributed by atoms with Crippen LogP contribution in [0.1, 0.15) is 25.5 Å². The van der Waals surface area contributed by atoms with Crippen LogP contribution in [0.3, 0.4) is 0 Å². The van der Waals surface area contributed by atoms with Gasteiger partial charge in [0.15, 0.2) is 6.04 Å². The Hall–Kier alpha value is -2.42. The second-order valence-electron chi connectivity index (χ2n) is 6.50. The number of aliphatic carboxylic acids is 1. The van der Waals surface area contributed by atoms with E-state index in [4.69, 9.17) is 0 Å². The van der Waals surface area contributed by atoms with Crippen LogP contribution in [0, 0.1) is 4.91 Å². The van der Waals surface area contributed by atoms with E-state index in [1.807, 2.05) is 0 Å². The number of β-lactam (4-membered cyclic amide) rings is 1. The van der Waals surface area contributed by atoms with Gasteiger partial charge in [0.1, 0.15) is 17.5 Å². The number of nitrogens with one attached hydrogen (secondary N) is 1. The van der Waals surface area contributed by atoms with Crippen LogP contribution in [0.4, 0.5) is 0 Å². The van der Waals surface area contributed by atoms with Gasteiger partial charge < -0.3 is 15.3 Å². The van der Waals surface area contributed by atoms with Crippen molar-refractivity contribution in [3.63, 3.8) is 0 Å². The molecule has 132 valence electrons. The molecule has 1 aromatic rings. The third-order valence-corrected chi connectivity index (χ3v) is 6.01. The molecule has 0 spiro atoms. The lowest BCUT2D eigenvalue weighted by atomic mass is 9.95. The molecule has 2 aliphatic rings. The first-order valence-electron chi connectivity index (χ1n) is 7.68. The van der Waals surface area contributed by atoms with Gasteiger partial charge >= 0.3 is 5.97 Å². The molecule has 9 heteroatoms. The molecule has 8 nitrogen and oxygen atoms in total. The van der Waals surface area contributed by atoms with Crippen LogP contribution < -0.4 is 5.32 Å². The minimum absolute atomic E-state index is 0.432. The van der Waals surface area contributed by atoms with Crippen LogP contribution in [-0.2, 0) is 14.4 Å². The van der Waals surface area contributed by atoms with Crippen LogP contribution in [0.2, 0.25) is 0 Å². The number of nitroso groups, excluding NO2 is 1. The molecule has 2 saturated heterocycles. The first kappa shape index (κ1) is 17.4. The fourth-order valence-electron chi connectivity index (χ4n) is 3.27. The normalized spacial score (nSPS) is 27.8. The number of benzene rings is 1. The van der Waals surface area contributed by atoms with Crippen LogP contribution in [0.5, 0.6) is 0 Å². The van der Waals surface area contributed by atoms with Gasteiger partial charge in [0.25, 0.3) is 5.91 Å². The van der Waals surface area contributed by atoms with Crippen LogP contribution in [-0.4, -0.2) is 50.0 Å². The SMILES string of the molecule is CC1(C)SC2C(NC(=O)C(N=O)c3ccccc3)C(=O)N2C1C(=O)O. The highest BCUT2D eigenvalue weighted by Crippen LogP contribution is 2.50. The van der Waals surface area contributed by atoms with Crippen molar-refractivity contribution in [2.45, 2.75) is 42.1 Å². The summed E-state index contributed by atoms with van der Waals surface area (Å²) in [4.78, 5) is 48.6. The molecule has 25 heavy (non-hydrogen) atoms. The van der Waals surface area contributed by atoms with E-state index >= 15 is 0 Å². The fourth-order valence-corrected chi connectivity index (χ4v) is 4.90. The largest absolute Gasteiger partial charge is 0.480 e. The van der Waals surface area contributed by atoms with Gasteiger partial charge in [-0.3, -0.25) is 9.59 Å². The highest BCUT2D eigenvalue weighted by Gasteiger charge is 2.64. The van der Waals surface area contributed by atoms with Gasteiger partial charge in [-0.25, -0.2) is 4.79 Å². The predicted molar refractivity (Wildman–Crippen MR) is 90.6 cm³/mol. The summed E-state index contributed by atoms with van der Waals surface area (Å²) in [6, 6.07) is 5.28. The van der Waals surface area contributed by atoms with E-state index < -0.39 is 46.0 Å². The Bertz CT molecular complexity index is 739. The fraction of sp³-hybridized carbons (Fsp3) is 0.438. The van der Waals surface area contributed by atoms with Gasteiger partial charge in [-0.2, -0.15) is 0 Å². The quantitative estimate of drug-likeness (QED) is 0.598. The molecule has 0 bridgehead atoms. The number of amides is 2. The molecule has 1 aromatic carbocycles. The van der Waals surface area contributed by atoms with Crippen molar-refractivity contribution >= 4 is 29.5 Å². The molecule has 0 saturated carbocycles. The Morgan fingerprint density at radius 2 is 1.96 bits per heavy atom. The summed E-state index contributed by atoms with van der Waals surface area (Å²) in [5.41, 5.74) is 0.432. The first-order valence-corrected chi connectivity index (χ1v) is 8.56. The van der Waals surface area contributed by atoms with Crippen LogP contribution >= 0.6 is 11.8 Å². The van der Waals surface area contributed by atoms with Gasteiger partial charge in [-0.05, 0) is 19.4 Å². The number of hydrogen-bond donors (Lipinski definition) is 2. The third kappa shape index (κ3) is 2.78. The van der Waals surface area contributed by atoms with E-state index in [2.05, 4.69) is 10.5 Å². The molecule has 2 N–H and O–H groups in total. The molecule has 0 radical (unpaired) electrons. The minimum Gasteiger partial charge on any atom is -0.480 e. The number of carbonyl (C=O) groups is 3. The zero-order valence-electron chi connectivity index (χ0n) is 13.6. The van der Waals surface area contributed by atoms with E-state index in [1.165, 1.54) is 16.7 Å². The maximum Gasteiger partial charge on any atom is 0.327 e. The number of carboxylic acid groups (broad SMARTS) is 1. The number of fused-ring (bicyclic) bond motifs is 1. The second-order valence-corrected chi connectivity index (χ2v) is 8.27. The van der Waals surface area contributed by atoms with Crippen molar-refractivity contribution in [3.05, 3.63) is 40.8 Å². The Balaban J connectivity index is 1.75. The lowest BCUT2D eigenvalue weighted by Gasteiger charge is -2.43. The number of carbonyl (C=O) groups excluding carboxylic acids is 2. The number of rotatable bonds is 5. The summed E-state index contributed by atoms with van der Waals surface area (Å²) < 4.78 is -0.673. The second kappa shape index (κ2) is 6.14. The van der Waals surface area contributed by atoms with E-state index in [-0.39, 0.29) is 0 Å². The zero-order valence-corrected chi connectivity index (χ0v) is 14.4. The molecule has 4 unspecified atom stereocenters. The van der Waals surface area contributed by atoms with Gasteiger partial charge in [-0.15, -0.1) is 16.7 Å². The zero-order chi connectivity index (χ0) is 18.4. The summed E-state index contributed by atoms with van der Waals surface area (Å²) in [7, 11) is 0. The van der Waals surface area contributed by atoms with Gasteiger partial charge in [-0.1, -0.05) is 35.5 Å². The van der Waals surface area contributed by atoms with Crippen LogP contribution in [0.15, 0.2) is 35.5 Å². The third-order valence-electron chi connectivity index (χ3n) is 4.44. The summed E-state index contributed by atoms with van der Waals surface area (Å²) >= 11 is 1.32. The molecule has 2 amide bonds. The Labute approximate surface area is 147 Å². The van der Waals surface area contributed by atoms with Gasteiger partial charge in [0.2, 0.25) is 5.91 Å². The lowest BCUT2D eigenvalue weighted by Crippen LogP contribution is -2.70. The molecule has 0 aromatic heterocycles. The molecule has 2 fully saturated rings. The van der Waals surface area contributed by atoms with E-state index in [0.717, 1.165) is 0 Å². The highest BCUT2D eigenvalue weighted by molar-refractivity contribution is 8.01. The van der Waals surface area contributed by atoms with Crippen molar-refractivity contribution < 1.29 is 19.5 Å². The van der Waals surface area contributed by atoms with Gasteiger partial charge in [0.05, 0.1) is 0 Å². The summed E-state index contributed by atoms with van der Waals surface area (Å²) in [5.74, 6) is -2.20. The van der Waals surface area contributed by atoms with E-state index in [0.29, 0.717) is 5.56 Å². The number of hydrogen-bond acceptors (Lipinski definition) is 6. The Morgan fingerprint density at radius 1 is 1.32 bits per heavy atom. The predicted octanol–water partition coefficient (Wildman–Crippen LogP) is 1.13. The molecular weight excluding hydrogens is 346 g/mol. The molecule has 2 heterocycles. The summed E-state index contributed by atoms with van der Waals surface area (Å²) in [6.07, 6.45) is 0.